The number of imide groups is 1. The second-order valence-corrected chi connectivity index (χ2v) is 10.9. The van der Waals surface area contributed by atoms with Crippen LogP contribution in [-0.4, -0.2) is 47.6 Å². The van der Waals surface area contributed by atoms with Gasteiger partial charge in [0.1, 0.15) is 6.54 Å². The van der Waals surface area contributed by atoms with Crippen molar-refractivity contribution < 1.29 is 28.7 Å². The normalized spacial score (nSPS) is 13.9. The van der Waals surface area contributed by atoms with Crippen LogP contribution in [0.3, 0.4) is 0 Å². The molecule has 1 fully saturated rings. The van der Waals surface area contributed by atoms with Crippen molar-refractivity contribution >= 4 is 52.2 Å². The van der Waals surface area contributed by atoms with Gasteiger partial charge >= 0.3 is 0 Å². The molecular formula is C32H33N3O6S. The molecule has 0 aliphatic carbocycles. The number of anilines is 2. The highest BCUT2D eigenvalue weighted by molar-refractivity contribution is 8.18. The first kappa shape index (κ1) is 30.4. The number of aryl methyl sites for hydroxylation is 1. The van der Waals surface area contributed by atoms with Gasteiger partial charge in [-0.3, -0.25) is 24.1 Å². The van der Waals surface area contributed by atoms with Gasteiger partial charge in [-0.1, -0.05) is 44.2 Å². The van der Waals surface area contributed by atoms with Crippen LogP contribution in [0.15, 0.2) is 71.6 Å². The Bertz CT molecular complexity index is 1520. The van der Waals surface area contributed by atoms with Crippen molar-refractivity contribution in [2.75, 3.05) is 30.4 Å². The monoisotopic (exact) mass is 587 g/mol. The molecule has 0 aromatic heterocycles. The minimum absolute atomic E-state index is 0.183. The van der Waals surface area contributed by atoms with Crippen molar-refractivity contribution in [3.8, 4) is 11.5 Å². The third-order valence-corrected chi connectivity index (χ3v) is 7.17. The maximum absolute atomic E-state index is 13.0. The summed E-state index contributed by atoms with van der Waals surface area (Å²) in [5.74, 6) is -0.237. The maximum atomic E-state index is 13.0. The van der Waals surface area contributed by atoms with Gasteiger partial charge in [0, 0.05) is 11.4 Å². The molecule has 9 nitrogen and oxygen atoms in total. The summed E-state index contributed by atoms with van der Waals surface area (Å²) in [5.41, 5.74) is 4.02. The Morgan fingerprint density at radius 3 is 2.33 bits per heavy atom. The smallest absolute Gasteiger partial charge is 0.294 e. The van der Waals surface area contributed by atoms with E-state index in [1.807, 2.05) is 44.2 Å². The van der Waals surface area contributed by atoms with Gasteiger partial charge in [0.05, 0.1) is 11.5 Å². The Balaban J connectivity index is 1.39. The molecule has 4 rings (SSSR count). The summed E-state index contributed by atoms with van der Waals surface area (Å²) in [6.07, 6.45) is 1.56. The van der Waals surface area contributed by atoms with Crippen LogP contribution in [0.4, 0.5) is 16.2 Å². The molecule has 0 unspecified atom stereocenters. The standard InChI is InChI=1S/C32H33N3O6S/c1-5-40-27-16-22(9-14-26(27)41-19-30(37)34-25-8-6-7-21(4)15-25)17-28-31(38)35(32(39)42-28)18-29(36)33-24-12-10-23(11-13-24)20(2)3/h6-17,20H,5,18-19H2,1-4H3,(H,33,36)(H,34,37)/b28-17+. The molecule has 1 aliphatic rings. The third kappa shape index (κ3) is 8.01. The summed E-state index contributed by atoms with van der Waals surface area (Å²) in [6, 6.07) is 19.9. The number of hydrogen-bond donors (Lipinski definition) is 2. The van der Waals surface area contributed by atoms with E-state index in [1.165, 1.54) is 0 Å². The highest BCUT2D eigenvalue weighted by Gasteiger charge is 2.36. The molecule has 3 aromatic rings. The first-order valence-electron chi connectivity index (χ1n) is 13.5. The molecule has 10 heteroatoms. The van der Waals surface area contributed by atoms with Crippen LogP contribution >= 0.6 is 11.8 Å². The van der Waals surface area contributed by atoms with Crippen molar-refractivity contribution in [3.05, 3.63) is 88.3 Å². The lowest BCUT2D eigenvalue weighted by molar-refractivity contribution is -0.127. The van der Waals surface area contributed by atoms with E-state index in [4.69, 9.17) is 9.47 Å². The summed E-state index contributed by atoms with van der Waals surface area (Å²) in [4.78, 5) is 51.6. The van der Waals surface area contributed by atoms with Gasteiger partial charge in [0.15, 0.2) is 18.1 Å². The van der Waals surface area contributed by atoms with E-state index in [0.29, 0.717) is 41.0 Å². The predicted molar refractivity (Wildman–Crippen MR) is 165 cm³/mol. The molecule has 0 spiro atoms. The molecule has 1 saturated heterocycles. The lowest BCUT2D eigenvalue weighted by Gasteiger charge is -2.13. The van der Waals surface area contributed by atoms with Gasteiger partial charge in [0.25, 0.3) is 17.1 Å². The molecule has 1 aliphatic heterocycles. The molecule has 1 heterocycles. The Morgan fingerprint density at radius 2 is 1.64 bits per heavy atom. The second kappa shape index (κ2) is 13.9. The van der Waals surface area contributed by atoms with Crippen molar-refractivity contribution in [3.63, 3.8) is 0 Å². The molecule has 3 aromatic carbocycles. The van der Waals surface area contributed by atoms with Crippen LogP contribution < -0.4 is 20.1 Å². The molecule has 218 valence electrons. The number of nitrogens with zero attached hydrogens (tertiary/aromatic N) is 1. The molecule has 0 atom stereocenters. The lowest BCUT2D eigenvalue weighted by Crippen LogP contribution is -2.36. The Labute approximate surface area is 249 Å². The summed E-state index contributed by atoms with van der Waals surface area (Å²) in [5, 5.41) is 5.00. The van der Waals surface area contributed by atoms with E-state index >= 15 is 0 Å². The van der Waals surface area contributed by atoms with E-state index in [-0.39, 0.29) is 17.4 Å². The van der Waals surface area contributed by atoms with Gasteiger partial charge in [-0.25, -0.2) is 0 Å². The first-order valence-corrected chi connectivity index (χ1v) is 14.4. The number of nitrogens with one attached hydrogen (secondary N) is 2. The average Bonchev–Trinajstić information content (AvgIpc) is 3.20. The first-order chi connectivity index (χ1) is 20.1. The van der Waals surface area contributed by atoms with Crippen molar-refractivity contribution in [1.82, 2.24) is 4.90 Å². The second-order valence-electron chi connectivity index (χ2n) is 9.94. The highest BCUT2D eigenvalue weighted by atomic mass is 32.2. The molecule has 0 bridgehead atoms. The van der Waals surface area contributed by atoms with E-state index in [9.17, 15) is 19.2 Å². The fourth-order valence-electron chi connectivity index (χ4n) is 4.15. The molecule has 42 heavy (non-hydrogen) atoms. The number of carbonyl (C=O) groups excluding carboxylic acids is 4. The molecule has 4 amide bonds. The Hall–Kier alpha value is -4.57. The number of benzene rings is 3. The van der Waals surface area contributed by atoms with Gasteiger partial charge in [-0.15, -0.1) is 0 Å². The number of thioether (sulfide) groups is 1. The highest BCUT2D eigenvalue weighted by Crippen LogP contribution is 2.34. The van der Waals surface area contributed by atoms with Crippen molar-refractivity contribution in [2.45, 2.75) is 33.6 Å². The van der Waals surface area contributed by atoms with Crippen molar-refractivity contribution in [1.29, 1.82) is 0 Å². The van der Waals surface area contributed by atoms with Crippen LogP contribution in [0.25, 0.3) is 6.08 Å². The number of amides is 4. The zero-order valence-corrected chi connectivity index (χ0v) is 24.7. The van der Waals surface area contributed by atoms with E-state index in [0.717, 1.165) is 27.8 Å². The zero-order chi connectivity index (χ0) is 30.2. The summed E-state index contributed by atoms with van der Waals surface area (Å²) in [7, 11) is 0. The lowest BCUT2D eigenvalue weighted by atomic mass is 10.0. The number of hydrogen-bond acceptors (Lipinski definition) is 7. The largest absolute Gasteiger partial charge is 0.490 e. The fraction of sp³-hybridized carbons (Fsp3) is 0.250. The van der Waals surface area contributed by atoms with E-state index in [1.54, 1.807) is 42.5 Å². The van der Waals surface area contributed by atoms with Gasteiger partial charge in [-0.05, 0) is 90.7 Å². The Morgan fingerprint density at radius 1 is 0.905 bits per heavy atom. The summed E-state index contributed by atoms with van der Waals surface area (Å²) < 4.78 is 11.4. The Kier molecular flexibility index (Phi) is 10.0. The third-order valence-electron chi connectivity index (χ3n) is 6.26. The number of rotatable bonds is 11. The topological polar surface area (TPSA) is 114 Å². The predicted octanol–water partition coefficient (Wildman–Crippen LogP) is 6.21. The quantitative estimate of drug-likeness (QED) is 0.256. The summed E-state index contributed by atoms with van der Waals surface area (Å²) in [6.45, 7) is 7.64. The fourth-order valence-corrected chi connectivity index (χ4v) is 4.99. The zero-order valence-electron chi connectivity index (χ0n) is 23.9. The van der Waals surface area contributed by atoms with Crippen LogP contribution in [0.1, 0.15) is 43.4 Å². The van der Waals surface area contributed by atoms with Crippen LogP contribution in [0, 0.1) is 6.92 Å². The van der Waals surface area contributed by atoms with Crippen LogP contribution in [0.2, 0.25) is 0 Å². The molecule has 0 saturated carbocycles. The van der Waals surface area contributed by atoms with Crippen LogP contribution in [0.5, 0.6) is 11.5 Å². The minimum Gasteiger partial charge on any atom is -0.490 e. The maximum Gasteiger partial charge on any atom is 0.294 e. The SMILES string of the molecule is CCOc1cc(/C=C2/SC(=O)N(CC(=O)Nc3ccc(C(C)C)cc3)C2=O)ccc1OCC(=O)Nc1cccc(C)c1. The van der Waals surface area contributed by atoms with Gasteiger partial charge < -0.3 is 20.1 Å². The number of carbonyl (C=O) groups is 4. The van der Waals surface area contributed by atoms with Gasteiger partial charge in [0.2, 0.25) is 5.91 Å². The number of ether oxygens (including phenoxy) is 2. The van der Waals surface area contributed by atoms with Crippen LogP contribution in [-0.2, 0) is 14.4 Å². The van der Waals surface area contributed by atoms with Gasteiger partial charge in [-0.2, -0.15) is 0 Å². The molecule has 2 N–H and O–H groups in total. The van der Waals surface area contributed by atoms with Crippen molar-refractivity contribution in [2.24, 2.45) is 0 Å². The molecule has 0 radical (unpaired) electrons. The van der Waals surface area contributed by atoms with E-state index < -0.39 is 23.6 Å². The molecular weight excluding hydrogens is 554 g/mol. The average molecular weight is 588 g/mol. The summed E-state index contributed by atoms with van der Waals surface area (Å²) >= 11 is 0.763. The van der Waals surface area contributed by atoms with E-state index in [2.05, 4.69) is 24.5 Å². The minimum atomic E-state index is -0.554.